The Hall–Kier alpha value is -0.420. The standard InChI is InChI=1S/C16H30N2O2/c1-16(2,3)8-11-6-12(7-11)9-18-10-13-4-5-14(17)15(19)20-13/h4-5,11-15,18-19H,6-10,17H2,1-3H3. The highest BCUT2D eigenvalue weighted by molar-refractivity contribution is 5.02. The van der Waals surface area contributed by atoms with Crippen LogP contribution in [0.4, 0.5) is 0 Å². The van der Waals surface area contributed by atoms with E-state index in [4.69, 9.17) is 10.5 Å². The predicted octanol–water partition coefficient (Wildman–Crippen LogP) is 1.64. The minimum atomic E-state index is -0.869. The Morgan fingerprint density at radius 2 is 1.90 bits per heavy atom. The smallest absolute Gasteiger partial charge is 0.174 e. The summed E-state index contributed by atoms with van der Waals surface area (Å²) < 4.78 is 5.40. The maximum Gasteiger partial charge on any atom is 0.174 e. The van der Waals surface area contributed by atoms with Crippen molar-refractivity contribution in [1.82, 2.24) is 5.32 Å². The van der Waals surface area contributed by atoms with Crippen LogP contribution in [0.1, 0.15) is 40.0 Å². The van der Waals surface area contributed by atoms with Crippen molar-refractivity contribution in [3.05, 3.63) is 12.2 Å². The van der Waals surface area contributed by atoms with Gasteiger partial charge >= 0.3 is 0 Å². The maximum absolute atomic E-state index is 9.53. The summed E-state index contributed by atoms with van der Waals surface area (Å²) in [5.74, 6) is 1.72. The first-order valence-electron chi connectivity index (χ1n) is 7.81. The molecular formula is C16H30N2O2. The monoisotopic (exact) mass is 282 g/mol. The molecule has 2 aliphatic rings. The van der Waals surface area contributed by atoms with Gasteiger partial charge in [0.15, 0.2) is 6.29 Å². The molecule has 0 amide bonds. The number of nitrogens with two attached hydrogens (primary N) is 1. The van der Waals surface area contributed by atoms with E-state index in [2.05, 4.69) is 26.1 Å². The van der Waals surface area contributed by atoms with E-state index in [9.17, 15) is 5.11 Å². The van der Waals surface area contributed by atoms with E-state index in [0.717, 1.165) is 24.9 Å². The molecule has 4 nitrogen and oxygen atoms in total. The fourth-order valence-corrected chi connectivity index (χ4v) is 3.28. The van der Waals surface area contributed by atoms with Crippen molar-refractivity contribution >= 4 is 0 Å². The average molecular weight is 282 g/mol. The van der Waals surface area contributed by atoms with E-state index in [1.807, 2.05) is 12.2 Å². The zero-order valence-corrected chi connectivity index (χ0v) is 13.0. The van der Waals surface area contributed by atoms with Crippen LogP contribution in [0.15, 0.2) is 12.2 Å². The Balaban J connectivity index is 1.56. The van der Waals surface area contributed by atoms with Gasteiger partial charge in [0.1, 0.15) is 0 Å². The topological polar surface area (TPSA) is 67.5 Å². The molecule has 2 rings (SSSR count). The molecule has 4 heteroatoms. The molecule has 20 heavy (non-hydrogen) atoms. The molecule has 1 saturated carbocycles. The summed E-state index contributed by atoms with van der Waals surface area (Å²) in [7, 11) is 0. The number of hydrogen-bond donors (Lipinski definition) is 3. The van der Waals surface area contributed by atoms with Gasteiger partial charge in [-0.25, -0.2) is 0 Å². The van der Waals surface area contributed by atoms with Gasteiger partial charge in [-0.2, -0.15) is 0 Å². The lowest BCUT2D eigenvalue weighted by molar-refractivity contribution is -0.133. The number of ether oxygens (including phenoxy) is 1. The lowest BCUT2D eigenvalue weighted by Gasteiger charge is -2.39. The third kappa shape index (κ3) is 4.85. The third-order valence-electron chi connectivity index (χ3n) is 4.20. The van der Waals surface area contributed by atoms with E-state index >= 15 is 0 Å². The molecule has 0 spiro atoms. The van der Waals surface area contributed by atoms with Crippen LogP contribution >= 0.6 is 0 Å². The zero-order chi connectivity index (χ0) is 14.8. The van der Waals surface area contributed by atoms with E-state index < -0.39 is 12.3 Å². The summed E-state index contributed by atoms with van der Waals surface area (Å²) in [6.07, 6.45) is 6.86. The minimum Gasteiger partial charge on any atom is -0.366 e. The number of aliphatic hydroxyl groups is 1. The number of nitrogens with one attached hydrogen (secondary N) is 1. The van der Waals surface area contributed by atoms with Crippen molar-refractivity contribution in [3.63, 3.8) is 0 Å². The largest absolute Gasteiger partial charge is 0.366 e. The van der Waals surface area contributed by atoms with Gasteiger partial charge in [0, 0.05) is 6.54 Å². The second-order valence-corrected chi connectivity index (χ2v) is 7.65. The van der Waals surface area contributed by atoms with Gasteiger partial charge in [-0.3, -0.25) is 0 Å². The minimum absolute atomic E-state index is 0.0600. The second-order valence-electron chi connectivity index (χ2n) is 7.65. The van der Waals surface area contributed by atoms with Crippen LogP contribution in [-0.2, 0) is 4.74 Å². The highest BCUT2D eigenvalue weighted by atomic mass is 16.6. The summed E-state index contributed by atoms with van der Waals surface area (Å²) >= 11 is 0. The predicted molar refractivity (Wildman–Crippen MR) is 81.2 cm³/mol. The third-order valence-corrected chi connectivity index (χ3v) is 4.20. The average Bonchev–Trinajstić information content (AvgIpc) is 2.29. The molecule has 116 valence electrons. The molecule has 0 bridgehead atoms. The van der Waals surface area contributed by atoms with Crippen LogP contribution in [-0.4, -0.2) is 36.6 Å². The summed E-state index contributed by atoms with van der Waals surface area (Å²) in [5.41, 5.74) is 6.09. The van der Waals surface area contributed by atoms with E-state index in [1.165, 1.54) is 19.3 Å². The summed E-state index contributed by atoms with van der Waals surface area (Å²) in [6, 6.07) is -0.393. The first kappa shape index (κ1) is 16.0. The van der Waals surface area contributed by atoms with Gasteiger partial charge in [0.2, 0.25) is 0 Å². The molecule has 1 aliphatic heterocycles. The first-order valence-corrected chi connectivity index (χ1v) is 7.81. The van der Waals surface area contributed by atoms with Crippen molar-refractivity contribution in [2.75, 3.05) is 13.1 Å². The summed E-state index contributed by atoms with van der Waals surface area (Å²) in [4.78, 5) is 0. The van der Waals surface area contributed by atoms with Crippen LogP contribution in [0.3, 0.4) is 0 Å². The lowest BCUT2D eigenvalue weighted by atomic mass is 9.68. The molecule has 0 radical (unpaired) electrons. The highest BCUT2D eigenvalue weighted by Crippen LogP contribution is 2.40. The van der Waals surface area contributed by atoms with Gasteiger partial charge in [-0.15, -0.1) is 0 Å². The Bertz CT molecular complexity index is 332. The lowest BCUT2D eigenvalue weighted by Crippen LogP contribution is -2.44. The van der Waals surface area contributed by atoms with E-state index in [0.29, 0.717) is 5.41 Å². The molecule has 4 N–H and O–H groups in total. The SMILES string of the molecule is CC(C)(C)CC1CC(CNCC2C=CC(N)C(O)O2)C1. The van der Waals surface area contributed by atoms with Gasteiger partial charge < -0.3 is 20.9 Å². The Kier molecular flexibility index (Phi) is 5.24. The van der Waals surface area contributed by atoms with Gasteiger partial charge in [-0.05, 0) is 43.1 Å². The van der Waals surface area contributed by atoms with Crippen molar-refractivity contribution in [2.45, 2.75) is 58.5 Å². The quantitative estimate of drug-likeness (QED) is 0.671. The summed E-state index contributed by atoms with van der Waals surface area (Å²) in [5, 5.41) is 13.0. The fourth-order valence-electron chi connectivity index (χ4n) is 3.28. The zero-order valence-electron chi connectivity index (χ0n) is 13.0. The highest BCUT2D eigenvalue weighted by Gasteiger charge is 2.31. The molecule has 1 aliphatic carbocycles. The second kappa shape index (κ2) is 6.56. The van der Waals surface area contributed by atoms with Crippen molar-refractivity contribution < 1.29 is 9.84 Å². The molecular weight excluding hydrogens is 252 g/mol. The van der Waals surface area contributed by atoms with E-state index in [-0.39, 0.29) is 6.10 Å². The molecule has 1 fully saturated rings. The molecule has 0 aromatic rings. The Morgan fingerprint density at radius 3 is 2.50 bits per heavy atom. The first-order chi connectivity index (χ1) is 9.33. The van der Waals surface area contributed by atoms with Gasteiger partial charge in [-0.1, -0.05) is 32.9 Å². The molecule has 0 aromatic heterocycles. The summed E-state index contributed by atoms with van der Waals surface area (Å²) in [6.45, 7) is 8.77. The molecule has 0 saturated heterocycles. The molecule has 1 heterocycles. The maximum atomic E-state index is 9.53. The van der Waals surface area contributed by atoms with Crippen LogP contribution < -0.4 is 11.1 Å². The molecule has 0 aromatic carbocycles. The number of hydrogen-bond acceptors (Lipinski definition) is 4. The molecule has 3 atom stereocenters. The fraction of sp³-hybridized carbons (Fsp3) is 0.875. The Morgan fingerprint density at radius 1 is 1.20 bits per heavy atom. The van der Waals surface area contributed by atoms with Gasteiger partial charge in [0.05, 0.1) is 12.1 Å². The number of aliphatic hydroxyl groups excluding tert-OH is 1. The van der Waals surface area contributed by atoms with Crippen LogP contribution in [0.5, 0.6) is 0 Å². The van der Waals surface area contributed by atoms with E-state index in [1.54, 1.807) is 0 Å². The van der Waals surface area contributed by atoms with Crippen molar-refractivity contribution in [3.8, 4) is 0 Å². The normalized spacial score (nSPS) is 37.8. The number of rotatable bonds is 5. The molecule has 3 unspecified atom stereocenters. The van der Waals surface area contributed by atoms with Crippen molar-refractivity contribution in [2.24, 2.45) is 23.0 Å². The van der Waals surface area contributed by atoms with Crippen molar-refractivity contribution in [1.29, 1.82) is 0 Å². The van der Waals surface area contributed by atoms with Crippen LogP contribution in [0.2, 0.25) is 0 Å². The Labute approximate surface area is 122 Å². The van der Waals surface area contributed by atoms with Gasteiger partial charge in [0.25, 0.3) is 0 Å². The van der Waals surface area contributed by atoms with Crippen LogP contribution in [0.25, 0.3) is 0 Å². The van der Waals surface area contributed by atoms with Crippen LogP contribution in [0, 0.1) is 17.3 Å².